The first kappa shape index (κ1) is 28.5. The molecule has 1 N–H and O–H groups in total. The molecular weight excluding hydrogens is 531 g/mol. The van der Waals surface area contributed by atoms with Crippen molar-refractivity contribution < 1.29 is 26.4 Å². The highest BCUT2D eigenvalue weighted by Crippen LogP contribution is 2.41. The second-order valence-corrected chi connectivity index (χ2v) is 12.0. The Kier molecular flexibility index (Phi) is 7.97. The molecule has 1 amide bonds. The van der Waals surface area contributed by atoms with Crippen LogP contribution in [-0.2, 0) is 35.5 Å². The molecule has 8 nitrogen and oxygen atoms in total. The number of fused-ring (bicyclic) bond motifs is 1. The number of hydrogen-bond donors (Lipinski definition) is 1. The molecule has 0 unspecified atom stereocenters. The van der Waals surface area contributed by atoms with Crippen molar-refractivity contribution in [3.63, 3.8) is 0 Å². The summed E-state index contributed by atoms with van der Waals surface area (Å²) in [6.07, 6.45) is -1.77. The van der Waals surface area contributed by atoms with Gasteiger partial charge in [0.1, 0.15) is 0 Å². The highest BCUT2D eigenvalue weighted by molar-refractivity contribution is 7.91. The molecule has 0 saturated heterocycles. The Morgan fingerprint density at radius 2 is 1.82 bits per heavy atom. The number of nitrogens with zero attached hydrogens (tertiary/aromatic N) is 4. The van der Waals surface area contributed by atoms with Crippen LogP contribution in [-0.4, -0.2) is 35.0 Å². The Bertz CT molecular complexity index is 1470. The normalized spacial score (nSPS) is 15.5. The molecule has 1 aliphatic heterocycles. The molecule has 1 aliphatic rings. The summed E-state index contributed by atoms with van der Waals surface area (Å²) in [6, 6.07) is 7.65. The Morgan fingerprint density at radius 1 is 1.13 bits per heavy atom. The summed E-state index contributed by atoms with van der Waals surface area (Å²) in [5.74, 6) is -0.418. The van der Waals surface area contributed by atoms with Gasteiger partial charge in [0.05, 0.1) is 27.9 Å². The summed E-state index contributed by atoms with van der Waals surface area (Å²) < 4.78 is 64.9. The number of aryl methyl sites for hydroxylation is 1. The van der Waals surface area contributed by atoms with Gasteiger partial charge in [0.2, 0.25) is 5.95 Å². The zero-order chi connectivity index (χ0) is 28.5. The van der Waals surface area contributed by atoms with E-state index in [9.17, 15) is 26.4 Å². The number of alkyl halides is 3. The summed E-state index contributed by atoms with van der Waals surface area (Å²) in [6.45, 7) is 7.47. The van der Waals surface area contributed by atoms with E-state index in [-0.39, 0.29) is 59.5 Å². The average molecular weight is 562 g/mol. The standard InChI is InChI=1S/C27H30F3N5O3S/c1-5-18-13-33-26(34-24(18)27(28,29)30)35-15-20-11-19(14-31-22(20)23(35)16(3)4)25(36)32-12-17-7-9-21(10-8-17)39(37,38)6-2/h7-11,13-14,16,23H,5-6,12,15H2,1-4H3,(H,32,36)/t23-/m0/s1. The molecule has 0 saturated carbocycles. The van der Waals surface area contributed by atoms with E-state index >= 15 is 0 Å². The molecule has 3 heterocycles. The fourth-order valence-corrected chi connectivity index (χ4v) is 5.53. The Balaban J connectivity index is 1.54. The van der Waals surface area contributed by atoms with E-state index < -0.39 is 21.7 Å². The third-order valence-electron chi connectivity index (χ3n) is 6.73. The smallest absolute Gasteiger partial charge is 0.348 e. The van der Waals surface area contributed by atoms with E-state index in [0.717, 1.165) is 5.56 Å². The molecule has 0 radical (unpaired) electrons. The molecule has 0 bridgehead atoms. The Morgan fingerprint density at radius 3 is 2.41 bits per heavy atom. The summed E-state index contributed by atoms with van der Waals surface area (Å²) in [5, 5.41) is 2.80. The van der Waals surface area contributed by atoms with Crippen molar-refractivity contribution in [3.05, 3.63) is 76.4 Å². The highest BCUT2D eigenvalue weighted by atomic mass is 32.2. The molecule has 3 aromatic rings. The molecule has 208 valence electrons. The number of amides is 1. The Labute approximate surface area is 225 Å². The molecular formula is C27H30F3N5O3S. The van der Waals surface area contributed by atoms with Crippen molar-refractivity contribution in [1.29, 1.82) is 0 Å². The van der Waals surface area contributed by atoms with Gasteiger partial charge >= 0.3 is 6.18 Å². The number of rotatable bonds is 8. The van der Waals surface area contributed by atoms with Crippen LogP contribution in [0.15, 0.2) is 47.6 Å². The summed E-state index contributed by atoms with van der Waals surface area (Å²) >= 11 is 0. The number of halogens is 3. The van der Waals surface area contributed by atoms with Crippen LogP contribution in [0.25, 0.3) is 0 Å². The van der Waals surface area contributed by atoms with Crippen LogP contribution in [0, 0.1) is 5.92 Å². The minimum atomic E-state index is -4.60. The van der Waals surface area contributed by atoms with Crippen molar-refractivity contribution in [2.45, 2.75) is 64.3 Å². The van der Waals surface area contributed by atoms with Crippen molar-refractivity contribution in [1.82, 2.24) is 20.3 Å². The fourth-order valence-electron chi connectivity index (χ4n) is 4.64. The minimum absolute atomic E-state index is 0.00315. The van der Waals surface area contributed by atoms with Gasteiger partial charge in [-0.25, -0.2) is 18.4 Å². The quantitative estimate of drug-likeness (QED) is 0.417. The SMILES string of the molecule is CCc1cnc(N2Cc3cc(C(=O)NCc4ccc(S(=O)(=O)CC)cc4)cnc3[C@@H]2C(C)C)nc1C(F)(F)F. The first-order valence-corrected chi connectivity index (χ1v) is 14.3. The number of sulfone groups is 1. The van der Waals surface area contributed by atoms with Gasteiger partial charge in [0, 0.05) is 31.0 Å². The number of benzene rings is 1. The maximum absolute atomic E-state index is 13.7. The molecule has 39 heavy (non-hydrogen) atoms. The van der Waals surface area contributed by atoms with Gasteiger partial charge in [0.15, 0.2) is 15.5 Å². The van der Waals surface area contributed by atoms with Crippen LogP contribution in [0.3, 0.4) is 0 Å². The van der Waals surface area contributed by atoms with E-state index in [1.165, 1.54) is 24.5 Å². The van der Waals surface area contributed by atoms with E-state index in [4.69, 9.17) is 0 Å². The zero-order valence-corrected chi connectivity index (χ0v) is 22.9. The number of pyridine rings is 1. The predicted octanol–water partition coefficient (Wildman–Crippen LogP) is 4.89. The monoisotopic (exact) mass is 561 g/mol. The number of nitrogens with one attached hydrogen (secondary N) is 1. The molecule has 1 atom stereocenters. The third kappa shape index (κ3) is 5.90. The van der Waals surface area contributed by atoms with Gasteiger partial charge in [-0.3, -0.25) is 9.78 Å². The number of anilines is 1. The van der Waals surface area contributed by atoms with Gasteiger partial charge in [-0.2, -0.15) is 13.2 Å². The lowest BCUT2D eigenvalue weighted by atomic mass is 9.99. The number of carbonyl (C=O) groups excluding carboxylic acids is 1. The summed E-state index contributed by atoms with van der Waals surface area (Å²) in [4.78, 5) is 27.5. The molecule has 2 aromatic heterocycles. The molecule has 0 spiro atoms. The number of carbonyl (C=O) groups is 1. The van der Waals surface area contributed by atoms with Gasteiger partial charge in [0.25, 0.3) is 5.91 Å². The fraction of sp³-hybridized carbons (Fsp3) is 0.407. The van der Waals surface area contributed by atoms with E-state index in [2.05, 4.69) is 20.3 Å². The van der Waals surface area contributed by atoms with Crippen LogP contribution < -0.4 is 10.2 Å². The van der Waals surface area contributed by atoms with Gasteiger partial charge in [-0.15, -0.1) is 0 Å². The molecule has 4 rings (SSSR count). The zero-order valence-electron chi connectivity index (χ0n) is 22.1. The first-order valence-electron chi connectivity index (χ1n) is 12.6. The third-order valence-corrected chi connectivity index (χ3v) is 8.48. The van der Waals surface area contributed by atoms with Crippen molar-refractivity contribution in [2.24, 2.45) is 5.92 Å². The minimum Gasteiger partial charge on any atom is -0.348 e. The molecule has 1 aromatic carbocycles. The first-order chi connectivity index (χ1) is 18.4. The van der Waals surface area contributed by atoms with Crippen LogP contribution in [0.5, 0.6) is 0 Å². The molecule has 0 aliphatic carbocycles. The van der Waals surface area contributed by atoms with Crippen molar-refractivity contribution in [2.75, 3.05) is 10.7 Å². The number of hydrogen-bond acceptors (Lipinski definition) is 7. The topological polar surface area (TPSA) is 105 Å². The Hall–Kier alpha value is -3.54. The second-order valence-electron chi connectivity index (χ2n) is 9.71. The average Bonchev–Trinajstić information content (AvgIpc) is 3.30. The van der Waals surface area contributed by atoms with Gasteiger partial charge in [-0.05, 0) is 41.7 Å². The lowest BCUT2D eigenvalue weighted by Crippen LogP contribution is -2.28. The summed E-state index contributed by atoms with van der Waals surface area (Å²) in [7, 11) is -3.31. The summed E-state index contributed by atoms with van der Waals surface area (Å²) in [5.41, 5.74) is 1.51. The predicted molar refractivity (Wildman–Crippen MR) is 140 cm³/mol. The largest absolute Gasteiger partial charge is 0.433 e. The van der Waals surface area contributed by atoms with Gasteiger partial charge in [-0.1, -0.05) is 39.8 Å². The van der Waals surface area contributed by atoms with Crippen LogP contribution in [0.1, 0.15) is 72.2 Å². The van der Waals surface area contributed by atoms with Gasteiger partial charge < -0.3 is 10.2 Å². The van der Waals surface area contributed by atoms with Crippen molar-refractivity contribution >= 4 is 21.7 Å². The van der Waals surface area contributed by atoms with E-state index in [1.54, 1.807) is 36.9 Å². The maximum atomic E-state index is 13.7. The van der Waals surface area contributed by atoms with Crippen LogP contribution in [0.2, 0.25) is 0 Å². The maximum Gasteiger partial charge on any atom is 0.433 e. The van der Waals surface area contributed by atoms with E-state index in [0.29, 0.717) is 16.8 Å². The highest BCUT2D eigenvalue weighted by Gasteiger charge is 2.39. The van der Waals surface area contributed by atoms with Crippen molar-refractivity contribution in [3.8, 4) is 0 Å². The molecule has 12 heteroatoms. The van der Waals surface area contributed by atoms with E-state index in [1.807, 2.05) is 13.8 Å². The van der Waals surface area contributed by atoms with Crippen LogP contribution >= 0.6 is 0 Å². The lowest BCUT2D eigenvalue weighted by molar-refractivity contribution is -0.141. The number of aromatic nitrogens is 3. The molecule has 0 fully saturated rings. The lowest BCUT2D eigenvalue weighted by Gasteiger charge is -2.28. The second kappa shape index (κ2) is 10.9. The van der Waals surface area contributed by atoms with Crippen LogP contribution in [0.4, 0.5) is 19.1 Å².